The van der Waals surface area contributed by atoms with Crippen molar-refractivity contribution in [1.29, 1.82) is 5.26 Å². The van der Waals surface area contributed by atoms with Gasteiger partial charge in [0.15, 0.2) is 0 Å². The molecule has 0 aliphatic rings. The number of nitrogens with zero attached hydrogens (tertiary/aromatic N) is 2. The van der Waals surface area contributed by atoms with Gasteiger partial charge in [-0.15, -0.1) is 0 Å². The highest BCUT2D eigenvalue weighted by atomic mass is 35.5. The fourth-order valence-corrected chi connectivity index (χ4v) is 2.88. The van der Waals surface area contributed by atoms with E-state index in [4.69, 9.17) is 21.4 Å². The van der Waals surface area contributed by atoms with Gasteiger partial charge in [-0.1, -0.05) is 16.8 Å². The van der Waals surface area contributed by atoms with Gasteiger partial charge in [-0.05, 0) is 25.1 Å². The minimum absolute atomic E-state index is 0.158. The van der Waals surface area contributed by atoms with Gasteiger partial charge < -0.3 is 4.52 Å². The molecule has 6 nitrogen and oxygen atoms in total. The smallest absolute Gasteiger partial charge is 0.238 e. The molecule has 0 fully saturated rings. The average Bonchev–Trinajstić information content (AvgIpc) is 2.76. The highest BCUT2D eigenvalue weighted by Crippen LogP contribution is 2.24. The first kappa shape index (κ1) is 14.4. The number of hydrogen-bond donors (Lipinski definition) is 1. The summed E-state index contributed by atoms with van der Waals surface area (Å²) in [6.45, 7) is 1.67. The van der Waals surface area contributed by atoms with Crippen molar-refractivity contribution >= 4 is 27.3 Å². The molecule has 0 unspecified atom stereocenters. The van der Waals surface area contributed by atoms with Crippen molar-refractivity contribution in [2.24, 2.45) is 0 Å². The Morgan fingerprint density at radius 1 is 1.45 bits per heavy atom. The molecule has 0 bridgehead atoms. The molecule has 0 spiro atoms. The molecule has 0 amide bonds. The van der Waals surface area contributed by atoms with Gasteiger partial charge in [0.05, 0.1) is 22.3 Å². The molecule has 0 radical (unpaired) electrons. The van der Waals surface area contributed by atoms with Gasteiger partial charge in [-0.2, -0.15) is 5.26 Å². The summed E-state index contributed by atoms with van der Waals surface area (Å²) >= 11 is 5.90. The lowest BCUT2D eigenvalue weighted by Crippen LogP contribution is -2.15. The van der Waals surface area contributed by atoms with Gasteiger partial charge in [0.2, 0.25) is 10.0 Å². The third kappa shape index (κ3) is 3.50. The summed E-state index contributed by atoms with van der Waals surface area (Å²) in [5, 5.41) is 12.6. The van der Waals surface area contributed by atoms with Gasteiger partial charge in [0.1, 0.15) is 17.2 Å². The first-order valence-corrected chi connectivity index (χ1v) is 7.55. The lowest BCUT2D eigenvalue weighted by Gasteiger charge is -2.08. The zero-order chi connectivity index (χ0) is 14.8. The third-order valence-corrected chi connectivity index (χ3v) is 3.91. The van der Waals surface area contributed by atoms with E-state index >= 15 is 0 Å². The van der Waals surface area contributed by atoms with E-state index in [9.17, 15) is 8.42 Å². The zero-order valence-electron chi connectivity index (χ0n) is 10.4. The van der Waals surface area contributed by atoms with E-state index in [0.717, 1.165) is 0 Å². The van der Waals surface area contributed by atoms with Crippen molar-refractivity contribution < 1.29 is 12.9 Å². The summed E-state index contributed by atoms with van der Waals surface area (Å²) in [6, 6.07) is 7.77. The number of rotatable bonds is 4. The minimum Gasteiger partial charge on any atom is -0.361 e. The van der Waals surface area contributed by atoms with Crippen molar-refractivity contribution in [1.82, 2.24) is 5.16 Å². The van der Waals surface area contributed by atoms with Crippen LogP contribution in [0.5, 0.6) is 0 Å². The Morgan fingerprint density at radius 3 is 2.80 bits per heavy atom. The quantitative estimate of drug-likeness (QED) is 0.935. The lowest BCUT2D eigenvalue weighted by atomic mass is 10.2. The molecular formula is C12H10ClN3O3S. The Kier molecular flexibility index (Phi) is 3.97. The maximum Gasteiger partial charge on any atom is 0.238 e. The summed E-state index contributed by atoms with van der Waals surface area (Å²) in [4.78, 5) is 0. The highest BCUT2D eigenvalue weighted by Gasteiger charge is 2.16. The van der Waals surface area contributed by atoms with E-state index in [1.165, 1.54) is 24.3 Å². The number of sulfonamides is 1. The van der Waals surface area contributed by atoms with E-state index in [2.05, 4.69) is 9.88 Å². The topological polar surface area (TPSA) is 96.0 Å². The molecule has 1 aromatic heterocycles. The van der Waals surface area contributed by atoms with Crippen LogP contribution in [0.4, 0.5) is 5.69 Å². The summed E-state index contributed by atoms with van der Waals surface area (Å²) in [5.74, 6) is 0.192. The Hall–Kier alpha value is -2.04. The van der Waals surface area contributed by atoms with Crippen LogP contribution in [0.2, 0.25) is 5.02 Å². The van der Waals surface area contributed by atoms with Crippen LogP contribution >= 0.6 is 11.6 Å². The van der Waals surface area contributed by atoms with Crippen LogP contribution in [0.3, 0.4) is 0 Å². The van der Waals surface area contributed by atoms with Crippen LogP contribution in [0, 0.1) is 18.3 Å². The van der Waals surface area contributed by atoms with Crippen LogP contribution in [-0.4, -0.2) is 13.6 Å². The molecule has 2 aromatic rings. The standard InChI is InChI=1S/C12H10ClN3O3S/c1-8-4-10(15-19-8)7-20(17,18)16-12-5-9(6-14)2-3-11(12)13/h2-5,16H,7H2,1H3. The maximum absolute atomic E-state index is 12.0. The predicted molar refractivity (Wildman–Crippen MR) is 73.7 cm³/mol. The zero-order valence-corrected chi connectivity index (χ0v) is 12.0. The van der Waals surface area contributed by atoms with Crippen LogP contribution in [0.1, 0.15) is 17.0 Å². The van der Waals surface area contributed by atoms with E-state index in [0.29, 0.717) is 17.0 Å². The van der Waals surface area contributed by atoms with Gasteiger partial charge in [0, 0.05) is 6.07 Å². The molecule has 1 aromatic carbocycles. The van der Waals surface area contributed by atoms with Crippen LogP contribution < -0.4 is 4.72 Å². The number of halogens is 1. The highest BCUT2D eigenvalue weighted by molar-refractivity contribution is 7.91. The van der Waals surface area contributed by atoms with Gasteiger partial charge in [0.25, 0.3) is 0 Å². The molecule has 1 N–H and O–H groups in total. The number of nitriles is 1. The number of aryl methyl sites for hydroxylation is 1. The van der Waals surface area contributed by atoms with Crippen molar-refractivity contribution in [2.75, 3.05) is 4.72 Å². The second-order valence-corrected chi connectivity index (χ2v) is 6.23. The first-order chi connectivity index (χ1) is 9.39. The fraction of sp³-hybridized carbons (Fsp3) is 0.167. The van der Waals surface area contributed by atoms with Crippen molar-refractivity contribution in [3.63, 3.8) is 0 Å². The second-order valence-electron chi connectivity index (χ2n) is 4.10. The Morgan fingerprint density at radius 2 is 2.20 bits per heavy atom. The normalized spacial score (nSPS) is 11.1. The monoisotopic (exact) mass is 311 g/mol. The van der Waals surface area contributed by atoms with Crippen molar-refractivity contribution in [3.8, 4) is 6.07 Å². The molecule has 0 aliphatic heterocycles. The lowest BCUT2D eigenvalue weighted by molar-refractivity contribution is 0.392. The molecule has 20 heavy (non-hydrogen) atoms. The second kappa shape index (κ2) is 5.53. The van der Waals surface area contributed by atoms with Crippen molar-refractivity contribution in [3.05, 3.63) is 46.3 Å². The molecule has 8 heteroatoms. The van der Waals surface area contributed by atoms with E-state index in [1.807, 2.05) is 6.07 Å². The van der Waals surface area contributed by atoms with E-state index in [-0.39, 0.29) is 16.5 Å². The fourth-order valence-electron chi connectivity index (χ4n) is 1.56. The molecule has 0 aliphatic carbocycles. The molecular weight excluding hydrogens is 302 g/mol. The van der Waals surface area contributed by atoms with Crippen molar-refractivity contribution in [2.45, 2.75) is 12.7 Å². The van der Waals surface area contributed by atoms with Gasteiger partial charge in [-0.3, -0.25) is 4.72 Å². The summed E-state index contributed by atoms with van der Waals surface area (Å²) in [7, 11) is -3.69. The largest absolute Gasteiger partial charge is 0.361 e. The van der Waals surface area contributed by atoms with Crippen LogP contribution in [0.25, 0.3) is 0 Å². The Balaban J connectivity index is 2.22. The summed E-state index contributed by atoms with van der Waals surface area (Å²) < 4.78 is 31.1. The van der Waals surface area contributed by atoms with Crippen LogP contribution in [0.15, 0.2) is 28.8 Å². The summed E-state index contributed by atoms with van der Waals surface area (Å²) in [5.41, 5.74) is 0.762. The predicted octanol–water partition coefficient (Wildman–Crippen LogP) is 2.45. The number of anilines is 1. The SMILES string of the molecule is Cc1cc(CS(=O)(=O)Nc2cc(C#N)ccc2Cl)no1. The molecule has 2 rings (SSSR count). The third-order valence-electron chi connectivity index (χ3n) is 2.38. The molecule has 104 valence electrons. The molecule has 0 saturated heterocycles. The Bertz CT molecular complexity index is 777. The molecule has 0 atom stereocenters. The Labute approximate surface area is 121 Å². The van der Waals surface area contributed by atoms with Crippen LogP contribution in [-0.2, 0) is 15.8 Å². The van der Waals surface area contributed by atoms with Gasteiger partial charge in [-0.25, -0.2) is 8.42 Å². The number of hydrogen-bond acceptors (Lipinski definition) is 5. The van der Waals surface area contributed by atoms with E-state index in [1.54, 1.807) is 6.92 Å². The number of nitrogens with one attached hydrogen (secondary N) is 1. The van der Waals surface area contributed by atoms with E-state index < -0.39 is 10.0 Å². The summed E-state index contributed by atoms with van der Waals surface area (Å²) in [6.07, 6.45) is 0. The molecule has 1 heterocycles. The number of aromatic nitrogens is 1. The minimum atomic E-state index is -3.69. The number of benzene rings is 1. The average molecular weight is 312 g/mol. The maximum atomic E-state index is 12.0. The molecule has 0 saturated carbocycles. The first-order valence-electron chi connectivity index (χ1n) is 5.52. The van der Waals surface area contributed by atoms with Gasteiger partial charge >= 0.3 is 0 Å².